The first-order valence-corrected chi connectivity index (χ1v) is 11.3. The summed E-state index contributed by atoms with van der Waals surface area (Å²) in [6.07, 6.45) is 0.782. The molecule has 0 fully saturated rings. The van der Waals surface area contributed by atoms with Crippen molar-refractivity contribution in [1.82, 2.24) is 0 Å². The fourth-order valence-corrected chi connectivity index (χ4v) is 4.71. The molecule has 0 saturated carbocycles. The predicted octanol–water partition coefficient (Wildman–Crippen LogP) is 5.23. The van der Waals surface area contributed by atoms with Crippen molar-refractivity contribution in [1.29, 1.82) is 0 Å². The van der Waals surface area contributed by atoms with Crippen LogP contribution in [-0.2, 0) is 16.4 Å². The summed E-state index contributed by atoms with van der Waals surface area (Å²) in [5.41, 5.74) is 5.00. The van der Waals surface area contributed by atoms with Gasteiger partial charge in [-0.15, -0.1) is 0 Å². The molecule has 0 radical (unpaired) electrons. The minimum Gasteiger partial charge on any atom is -0.322 e. The van der Waals surface area contributed by atoms with Gasteiger partial charge < -0.3 is 5.32 Å². The van der Waals surface area contributed by atoms with Gasteiger partial charge in [0.2, 0.25) is 0 Å². The first-order chi connectivity index (χ1) is 14.2. The van der Waals surface area contributed by atoms with E-state index in [0.717, 1.165) is 28.8 Å². The molecule has 30 heavy (non-hydrogen) atoms. The molecule has 3 aromatic rings. The zero-order valence-corrected chi connectivity index (χ0v) is 18.4. The Morgan fingerprint density at radius 3 is 2.30 bits per heavy atom. The van der Waals surface area contributed by atoms with Crippen LogP contribution >= 0.6 is 0 Å². The van der Waals surface area contributed by atoms with E-state index in [1.165, 1.54) is 6.07 Å². The fourth-order valence-electron chi connectivity index (χ4n) is 3.30. The van der Waals surface area contributed by atoms with E-state index in [9.17, 15) is 13.2 Å². The fraction of sp³-hybridized carbons (Fsp3) is 0.208. The predicted molar refractivity (Wildman–Crippen MR) is 122 cm³/mol. The molecule has 0 heterocycles. The van der Waals surface area contributed by atoms with Crippen molar-refractivity contribution in [2.45, 2.75) is 39.0 Å². The summed E-state index contributed by atoms with van der Waals surface area (Å²) < 4.78 is 28.7. The smallest absolute Gasteiger partial charge is 0.262 e. The van der Waals surface area contributed by atoms with Gasteiger partial charge in [-0.05, 0) is 68.1 Å². The highest BCUT2D eigenvalue weighted by atomic mass is 32.2. The molecule has 0 bridgehead atoms. The van der Waals surface area contributed by atoms with E-state index in [1.54, 1.807) is 25.1 Å². The molecule has 3 aromatic carbocycles. The molecule has 6 heteroatoms. The van der Waals surface area contributed by atoms with Crippen molar-refractivity contribution in [2.24, 2.45) is 0 Å². The normalized spacial score (nSPS) is 11.2. The number of carbonyl (C=O) groups excluding carboxylic acids is 1. The SMILES string of the molecule is CCc1ccccc1NC(=O)c1ccc(C)c(S(=O)(=O)Nc2ccc(C)cc2C)c1. The number of nitrogens with one attached hydrogen (secondary N) is 2. The minimum atomic E-state index is -3.85. The molecule has 0 spiro atoms. The monoisotopic (exact) mass is 422 g/mol. The summed E-state index contributed by atoms with van der Waals surface area (Å²) in [7, 11) is -3.85. The third kappa shape index (κ3) is 4.71. The molecular formula is C24H26N2O3S. The number of benzene rings is 3. The zero-order chi connectivity index (χ0) is 21.9. The van der Waals surface area contributed by atoms with Gasteiger partial charge in [-0.3, -0.25) is 9.52 Å². The van der Waals surface area contributed by atoms with Crippen LogP contribution in [0.15, 0.2) is 65.6 Å². The summed E-state index contributed by atoms with van der Waals surface area (Å²) in [6, 6.07) is 17.8. The quantitative estimate of drug-likeness (QED) is 0.571. The van der Waals surface area contributed by atoms with E-state index < -0.39 is 10.0 Å². The van der Waals surface area contributed by atoms with Crippen LogP contribution in [0.5, 0.6) is 0 Å². The van der Waals surface area contributed by atoms with Gasteiger partial charge in [0.1, 0.15) is 0 Å². The molecule has 3 rings (SSSR count). The maximum absolute atomic E-state index is 13.1. The third-order valence-electron chi connectivity index (χ3n) is 5.01. The molecular weight excluding hydrogens is 396 g/mol. The first-order valence-electron chi connectivity index (χ1n) is 9.81. The van der Waals surface area contributed by atoms with Crippen molar-refractivity contribution in [3.8, 4) is 0 Å². The van der Waals surface area contributed by atoms with Crippen LogP contribution in [0.3, 0.4) is 0 Å². The number of hydrogen-bond acceptors (Lipinski definition) is 3. The summed E-state index contributed by atoms with van der Waals surface area (Å²) in [4.78, 5) is 12.9. The van der Waals surface area contributed by atoms with Crippen molar-refractivity contribution in [3.63, 3.8) is 0 Å². The summed E-state index contributed by atoms with van der Waals surface area (Å²) in [5.74, 6) is -0.348. The van der Waals surface area contributed by atoms with E-state index in [1.807, 2.05) is 57.2 Å². The Morgan fingerprint density at radius 1 is 0.867 bits per heavy atom. The Hall–Kier alpha value is -3.12. The molecule has 1 amide bonds. The van der Waals surface area contributed by atoms with Crippen LogP contribution in [-0.4, -0.2) is 14.3 Å². The van der Waals surface area contributed by atoms with Crippen LogP contribution in [0, 0.1) is 20.8 Å². The van der Waals surface area contributed by atoms with Gasteiger partial charge in [-0.2, -0.15) is 0 Å². The van der Waals surface area contributed by atoms with Crippen molar-refractivity contribution >= 4 is 27.3 Å². The second-order valence-corrected chi connectivity index (χ2v) is 9.02. The molecule has 0 aliphatic carbocycles. The number of anilines is 2. The molecule has 156 valence electrons. The van der Waals surface area contributed by atoms with E-state index in [-0.39, 0.29) is 16.4 Å². The number of sulfonamides is 1. The van der Waals surface area contributed by atoms with Gasteiger partial charge in [0.15, 0.2) is 0 Å². The van der Waals surface area contributed by atoms with Crippen LogP contribution in [0.4, 0.5) is 11.4 Å². The second kappa shape index (κ2) is 8.71. The lowest BCUT2D eigenvalue weighted by atomic mass is 10.1. The standard InChI is InChI=1S/C24H26N2O3S/c1-5-19-8-6-7-9-22(19)25-24(27)20-12-11-17(3)23(15-20)30(28,29)26-21-13-10-16(2)14-18(21)4/h6-15,26H,5H2,1-4H3,(H,25,27). The maximum Gasteiger partial charge on any atom is 0.262 e. The molecule has 0 aliphatic heterocycles. The van der Waals surface area contributed by atoms with Crippen molar-refractivity contribution in [3.05, 3.63) is 88.5 Å². The molecule has 0 saturated heterocycles. The van der Waals surface area contributed by atoms with Crippen LogP contribution in [0.25, 0.3) is 0 Å². The van der Waals surface area contributed by atoms with Crippen molar-refractivity contribution < 1.29 is 13.2 Å². The number of aryl methyl sites for hydroxylation is 4. The summed E-state index contributed by atoms with van der Waals surface area (Å²) in [5, 5.41) is 2.89. The van der Waals surface area contributed by atoms with E-state index in [2.05, 4.69) is 10.0 Å². The Labute approximate surface area is 178 Å². The van der Waals surface area contributed by atoms with E-state index in [0.29, 0.717) is 11.3 Å². The van der Waals surface area contributed by atoms with E-state index in [4.69, 9.17) is 0 Å². The van der Waals surface area contributed by atoms with Crippen LogP contribution in [0.1, 0.15) is 39.5 Å². The maximum atomic E-state index is 13.1. The van der Waals surface area contributed by atoms with Crippen LogP contribution in [0.2, 0.25) is 0 Å². The largest absolute Gasteiger partial charge is 0.322 e. The number of hydrogen-bond donors (Lipinski definition) is 2. The summed E-state index contributed by atoms with van der Waals surface area (Å²) in [6.45, 7) is 7.53. The number of amides is 1. The highest BCUT2D eigenvalue weighted by molar-refractivity contribution is 7.92. The Morgan fingerprint density at radius 2 is 1.60 bits per heavy atom. The lowest BCUT2D eigenvalue weighted by Gasteiger charge is -2.14. The van der Waals surface area contributed by atoms with Gasteiger partial charge in [0.05, 0.1) is 10.6 Å². The van der Waals surface area contributed by atoms with Crippen LogP contribution < -0.4 is 10.0 Å². The topological polar surface area (TPSA) is 75.3 Å². The van der Waals surface area contributed by atoms with Gasteiger partial charge >= 0.3 is 0 Å². The molecule has 0 aliphatic rings. The van der Waals surface area contributed by atoms with Crippen molar-refractivity contribution in [2.75, 3.05) is 10.0 Å². The van der Waals surface area contributed by atoms with Gasteiger partial charge in [-0.25, -0.2) is 8.42 Å². The average molecular weight is 423 g/mol. The summed E-state index contributed by atoms with van der Waals surface area (Å²) >= 11 is 0. The lowest BCUT2D eigenvalue weighted by Crippen LogP contribution is -2.18. The van der Waals surface area contributed by atoms with Gasteiger partial charge in [0.25, 0.3) is 15.9 Å². The Balaban J connectivity index is 1.91. The van der Waals surface area contributed by atoms with Gasteiger partial charge in [0, 0.05) is 11.3 Å². The molecule has 2 N–H and O–H groups in total. The first kappa shape index (κ1) is 21.6. The number of carbonyl (C=O) groups is 1. The highest BCUT2D eigenvalue weighted by Gasteiger charge is 2.20. The lowest BCUT2D eigenvalue weighted by molar-refractivity contribution is 0.102. The third-order valence-corrected chi connectivity index (χ3v) is 6.52. The number of para-hydroxylation sites is 1. The van der Waals surface area contributed by atoms with E-state index >= 15 is 0 Å². The molecule has 5 nitrogen and oxygen atoms in total. The zero-order valence-electron chi connectivity index (χ0n) is 17.6. The number of rotatable bonds is 6. The highest BCUT2D eigenvalue weighted by Crippen LogP contribution is 2.24. The second-order valence-electron chi connectivity index (χ2n) is 7.37. The van der Waals surface area contributed by atoms with Gasteiger partial charge in [-0.1, -0.05) is 48.9 Å². The molecule has 0 atom stereocenters. The molecule has 0 aromatic heterocycles. The Kier molecular flexibility index (Phi) is 6.27. The Bertz CT molecular complexity index is 1200. The minimum absolute atomic E-state index is 0.0823. The molecule has 0 unspecified atom stereocenters. The average Bonchev–Trinajstić information content (AvgIpc) is 2.70.